The minimum atomic E-state index is -0.701. The third-order valence-electron chi connectivity index (χ3n) is 5.60. The number of likely N-dealkylation sites (tertiary alicyclic amines) is 1. The molecule has 2 aromatic carbocycles. The van der Waals surface area contributed by atoms with Crippen LogP contribution in [0.5, 0.6) is 11.5 Å². The summed E-state index contributed by atoms with van der Waals surface area (Å²) in [6, 6.07) is 8.65. The lowest BCUT2D eigenvalue weighted by Crippen LogP contribution is -2.44. The Morgan fingerprint density at radius 2 is 2.00 bits per heavy atom. The van der Waals surface area contributed by atoms with Crippen molar-refractivity contribution in [2.24, 2.45) is 0 Å². The number of hydrogen-bond acceptors (Lipinski definition) is 6. The lowest BCUT2D eigenvalue weighted by Gasteiger charge is -2.34. The number of nitrogens with one attached hydrogen (secondary N) is 1. The smallest absolute Gasteiger partial charge is 0.163 e. The van der Waals surface area contributed by atoms with Gasteiger partial charge in [0, 0.05) is 31.1 Å². The summed E-state index contributed by atoms with van der Waals surface area (Å²) < 4.78 is 40.3. The molecule has 3 aromatic rings. The van der Waals surface area contributed by atoms with Gasteiger partial charge >= 0.3 is 0 Å². The second-order valence-corrected chi connectivity index (χ2v) is 8.65. The summed E-state index contributed by atoms with van der Waals surface area (Å²) in [5.74, 6) is 1.28. The molecule has 6 nitrogen and oxygen atoms in total. The molecule has 0 amide bonds. The van der Waals surface area contributed by atoms with Crippen LogP contribution in [0.4, 0.5) is 20.3 Å². The minimum absolute atomic E-state index is 0.148. The van der Waals surface area contributed by atoms with Gasteiger partial charge in [-0.25, -0.2) is 18.7 Å². The molecule has 1 aromatic heterocycles. The Bertz CT molecular complexity index is 1110. The summed E-state index contributed by atoms with van der Waals surface area (Å²) in [5, 5.41) is 3.74. The van der Waals surface area contributed by atoms with Crippen LogP contribution in [0.25, 0.3) is 10.9 Å². The first kappa shape index (κ1) is 20.4. The molecule has 0 radical (unpaired) electrons. The number of alkyl halides is 1. The number of hydrogen-bond donors (Lipinski definition) is 1. The van der Waals surface area contributed by atoms with E-state index in [1.54, 1.807) is 24.3 Å². The predicted octanol–water partition coefficient (Wildman–Crippen LogP) is 4.85. The van der Waals surface area contributed by atoms with Crippen molar-refractivity contribution in [1.29, 1.82) is 0 Å². The van der Waals surface area contributed by atoms with Crippen LogP contribution in [-0.4, -0.2) is 53.4 Å². The van der Waals surface area contributed by atoms with Gasteiger partial charge in [0.2, 0.25) is 0 Å². The third-order valence-corrected chi connectivity index (χ3v) is 6.22. The van der Waals surface area contributed by atoms with Crippen molar-refractivity contribution in [2.75, 3.05) is 31.6 Å². The van der Waals surface area contributed by atoms with E-state index >= 15 is 0 Å². The first-order chi connectivity index (χ1) is 15.1. The zero-order valence-corrected chi connectivity index (χ0v) is 18.2. The third kappa shape index (κ3) is 4.29. The van der Waals surface area contributed by atoms with E-state index in [2.05, 4.69) is 36.1 Å². The molecular weight excluding hydrogens is 470 g/mol. The first-order valence-electron chi connectivity index (χ1n) is 10.2. The van der Waals surface area contributed by atoms with Gasteiger partial charge in [0.25, 0.3) is 0 Å². The van der Waals surface area contributed by atoms with Crippen molar-refractivity contribution < 1.29 is 18.3 Å². The second-order valence-electron chi connectivity index (χ2n) is 7.79. The fourth-order valence-corrected chi connectivity index (χ4v) is 4.32. The molecule has 0 saturated carbocycles. The van der Waals surface area contributed by atoms with Gasteiger partial charge in [-0.1, -0.05) is 6.07 Å². The lowest BCUT2D eigenvalue weighted by atomic mass is 10.1. The molecule has 1 N–H and O–H groups in total. The predicted molar refractivity (Wildman–Crippen MR) is 117 cm³/mol. The van der Waals surface area contributed by atoms with Crippen LogP contribution in [-0.2, 0) is 0 Å². The van der Waals surface area contributed by atoms with Crippen molar-refractivity contribution in [3.05, 3.63) is 46.9 Å². The molecule has 0 bridgehead atoms. The molecule has 31 heavy (non-hydrogen) atoms. The molecule has 2 aliphatic rings. The van der Waals surface area contributed by atoms with Gasteiger partial charge in [-0.05, 0) is 47.0 Å². The average Bonchev–Trinajstić information content (AvgIpc) is 2.77. The molecule has 3 heterocycles. The van der Waals surface area contributed by atoms with Crippen molar-refractivity contribution in [3.8, 4) is 11.5 Å². The van der Waals surface area contributed by atoms with Crippen LogP contribution < -0.4 is 14.8 Å². The maximum Gasteiger partial charge on any atom is 0.163 e. The maximum atomic E-state index is 14.4. The van der Waals surface area contributed by atoms with Gasteiger partial charge in [-0.15, -0.1) is 0 Å². The minimum Gasteiger partial charge on any atom is -0.486 e. The highest BCUT2D eigenvalue weighted by Gasteiger charge is 2.27. The van der Waals surface area contributed by atoms with E-state index in [-0.39, 0.29) is 6.10 Å². The van der Waals surface area contributed by atoms with Crippen LogP contribution in [0.1, 0.15) is 12.8 Å². The topological polar surface area (TPSA) is 59.5 Å². The molecular formula is C22H21BrF2N4O2. The number of ether oxygens (including phenoxy) is 2. The number of fused-ring (bicyclic) bond motifs is 2. The number of halogens is 3. The van der Waals surface area contributed by atoms with E-state index in [9.17, 15) is 8.78 Å². The van der Waals surface area contributed by atoms with Crippen LogP contribution in [0, 0.1) is 5.82 Å². The summed E-state index contributed by atoms with van der Waals surface area (Å²) >= 11 is 3.20. The molecule has 0 aliphatic carbocycles. The largest absolute Gasteiger partial charge is 0.486 e. The molecule has 0 unspecified atom stereocenters. The Morgan fingerprint density at radius 3 is 2.84 bits per heavy atom. The zero-order valence-electron chi connectivity index (χ0n) is 16.7. The molecule has 1 atom stereocenters. The maximum absolute atomic E-state index is 14.4. The van der Waals surface area contributed by atoms with E-state index < -0.39 is 12.0 Å². The Kier molecular flexibility index (Phi) is 5.62. The monoisotopic (exact) mass is 490 g/mol. The normalized spacial score (nSPS) is 19.5. The number of piperidine rings is 1. The van der Waals surface area contributed by atoms with Crippen LogP contribution >= 0.6 is 15.9 Å². The highest BCUT2D eigenvalue weighted by molar-refractivity contribution is 9.10. The molecule has 162 valence electrons. The van der Waals surface area contributed by atoms with E-state index in [0.29, 0.717) is 64.4 Å². The summed E-state index contributed by atoms with van der Waals surface area (Å²) in [6.07, 6.45) is 1.70. The van der Waals surface area contributed by atoms with Crippen molar-refractivity contribution in [1.82, 2.24) is 14.9 Å². The summed E-state index contributed by atoms with van der Waals surface area (Å²) in [5.41, 5.74) is 0.970. The Morgan fingerprint density at radius 1 is 1.16 bits per heavy atom. The van der Waals surface area contributed by atoms with Crippen LogP contribution in [0.3, 0.4) is 0 Å². The highest BCUT2D eigenvalue weighted by atomic mass is 79.9. The van der Waals surface area contributed by atoms with Crippen molar-refractivity contribution >= 4 is 38.3 Å². The zero-order chi connectivity index (χ0) is 21.4. The van der Waals surface area contributed by atoms with E-state index in [1.165, 1.54) is 6.33 Å². The molecule has 5 rings (SSSR count). The second kappa shape index (κ2) is 8.55. The van der Waals surface area contributed by atoms with Crippen molar-refractivity contribution in [2.45, 2.75) is 25.1 Å². The fraction of sp³-hybridized carbons (Fsp3) is 0.364. The fourth-order valence-electron chi connectivity index (χ4n) is 3.95. The Labute approximate surface area is 186 Å². The van der Waals surface area contributed by atoms with Gasteiger partial charge in [0.15, 0.2) is 17.3 Å². The highest BCUT2D eigenvalue weighted by Crippen LogP contribution is 2.38. The van der Waals surface area contributed by atoms with E-state index in [0.717, 1.165) is 13.1 Å². The quantitative estimate of drug-likeness (QED) is 0.564. The van der Waals surface area contributed by atoms with Gasteiger partial charge < -0.3 is 14.8 Å². The van der Waals surface area contributed by atoms with Crippen LogP contribution in [0.15, 0.2) is 41.1 Å². The number of benzene rings is 2. The number of nitrogens with zero attached hydrogens (tertiary/aromatic N) is 3. The number of rotatable bonds is 4. The van der Waals surface area contributed by atoms with Gasteiger partial charge in [0.05, 0.1) is 15.7 Å². The van der Waals surface area contributed by atoms with Gasteiger partial charge in [-0.2, -0.15) is 0 Å². The van der Waals surface area contributed by atoms with Crippen molar-refractivity contribution in [3.63, 3.8) is 0 Å². The summed E-state index contributed by atoms with van der Waals surface area (Å²) in [4.78, 5) is 10.8. The lowest BCUT2D eigenvalue weighted by molar-refractivity contribution is 0.0445. The molecule has 1 saturated heterocycles. The standard InChI is InChI=1S/C22H21BrF2N4O2/c23-16-2-1-3-17(21(16)25)28-22-15-8-20-19(9-18(15)26-12-27-22)30-11-14(31-20)10-29-6-4-13(24)5-7-29/h1-3,8-9,12-14H,4-7,10-11H2,(H,26,27,28)/t14-/m0/s1. The SMILES string of the molecule is Fc1c(Br)cccc1Nc1ncnc2cc3c(cc12)O[C@@H](CN1CCC(F)CC1)CO3. The van der Waals surface area contributed by atoms with E-state index in [1.807, 2.05) is 6.07 Å². The molecule has 0 spiro atoms. The Hall–Kier alpha value is -2.52. The summed E-state index contributed by atoms with van der Waals surface area (Å²) in [7, 11) is 0. The van der Waals surface area contributed by atoms with E-state index in [4.69, 9.17) is 9.47 Å². The first-order valence-corrected chi connectivity index (χ1v) is 11.0. The molecule has 1 fully saturated rings. The van der Waals surface area contributed by atoms with Gasteiger partial charge in [0.1, 0.15) is 31.0 Å². The average molecular weight is 491 g/mol. The molecule has 2 aliphatic heterocycles. The van der Waals surface area contributed by atoms with Gasteiger partial charge in [-0.3, -0.25) is 4.90 Å². The van der Waals surface area contributed by atoms with Crippen LogP contribution in [0.2, 0.25) is 0 Å². The summed E-state index contributed by atoms with van der Waals surface area (Å²) in [6.45, 7) is 2.56. The number of anilines is 2. The Balaban J connectivity index is 1.39. The number of aromatic nitrogens is 2. The molecule has 9 heteroatoms.